The molecule has 2 heterocycles. The van der Waals surface area contributed by atoms with E-state index in [4.69, 9.17) is 4.74 Å². The number of H-pyrrole nitrogens is 1. The van der Waals surface area contributed by atoms with Crippen molar-refractivity contribution in [3.8, 4) is 5.75 Å². The molecular formula is C6H6BrNO. The molecule has 1 aliphatic heterocycles. The lowest BCUT2D eigenvalue weighted by atomic mass is 10.3. The summed E-state index contributed by atoms with van der Waals surface area (Å²) in [5, 5.41) is 0. The van der Waals surface area contributed by atoms with Crippen LogP contribution in [-0.4, -0.2) is 11.6 Å². The molecule has 1 aliphatic rings. The molecule has 0 spiro atoms. The SMILES string of the molecule is Brc1cc2c([nH]1)CCO2. The highest BCUT2D eigenvalue weighted by Crippen LogP contribution is 2.27. The van der Waals surface area contributed by atoms with Gasteiger partial charge < -0.3 is 9.72 Å². The summed E-state index contributed by atoms with van der Waals surface area (Å²) < 4.78 is 6.26. The van der Waals surface area contributed by atoms with Crippen LogP contribution in [-0.2, 0) is 6.42 Å². The summed E-state index contributed by atoms with van der Waals surface area (Å²) in [7, 11) is 0. The maximum atomic E-state index is 5.26. The lowest BCUT2D eigenvalue weighted by Gasteiger charge is -1.87. The summed E-state index contributed by atoms with van der Waals surface area (Å²) in [6.07, 6.45) is 1.01. The smallest absolute Gasteiger partial charge is 0.141 e. The molecule has 3 heteroatoms. The summed E-state index contributed by atoms with van der Waals surface area (Å²) in [5.41, 5.74) is 1.21. The third kappa shape index (κ3) is 0.758. The highest BCUT2D eigenvalue weighted by atomic mass is 79.9. The molecule has 0 bridgehead atoms. The molecule has 48 valence electrons. The molecule has 0 atom stereocenters. The van der Waals surface area contributed by atoms with E-state index in [0.29, 0.717) is 0 Å². The second kappa shape index (κ2) is 1.77. The molecule has 0 saturated carbocycles. The molecule has 9 heavy (non-hydrogen) atoms. The first-order chi connectivity index (χ1) is 4.36. The lowest BCUT2D eigenvalue weighted by molar-refractivity contribution is 0.356. The minimum absolute atomic E-state index is 0.828. The maximum Gasteiger partial charge on any atom is 0.141 e. The van der Waals surface area contributed by atoms with Crippen LogP contribution in [0.25, 0.3) is 0 Å². The van der Waals surface area contributed by atoms with Gasteiger partial charge in [-0.1, -0.05) is 0 Å². The Kier molecular flexibility index (Phi) is 1.05. The van der Waals surface area contributed by atoms with Gasteiger partial charge in [-0.15, -0.1) is 0 Å². The number of ether oxygens (including phenoxy) is 1. The fourth-order valence-corrected chi connectivity index (χ4v) is 1.47. The Bertz CT molecular complexity index is 209. The van der Waals surface area contributed by atoms with Crippen molar-refractivity contribution in [1.82, 2.24) is 4.98 Å². The predicted octanol–water partition coefficient (Wildman–Crippen LogP) is 1.71. The minimum atomic E-state index is 0.828. The number of rotatable bonds is 0. The lowest BCUT2D eigenvalue weighted by Crippen LogP contribution is -1.88. The number of fused-ring (bicyclic) bond motifs is 1. The van der Waals surface area contributed by atoms with Crippen molar-refractivity contribution < 1.29 is 4.74 Å². The average Bonchev–Trinajstić information content (AvgIpc) is 2.22. The Morgan fingerprint density at radius 2 is 2.56 bits per heavy atom. The molecule has 1 N–H and O–H groups in total. The number of hydrogen-bond donors (Lipinski definition) is 1. The van der Waals surface area contributed by atoms with Crippen LogP contribution >= 0.6 is 15.9 Å². The zero-order valence-electron chi connectivity index (χ0n) is 4.78. The van der Waals surface area contributed by atoms with Crippen molar-refractivity contribution in [2.24, 2.45) is 0 Å². The quantitative estimate of drug-likeness (QED) is 0.658. The van der Waals surface area contributed by atoms with Crippen molar-refractivity contribution >= 4 is 15.9 Å². The highest BCUT2D eigenvalue weighted by molar-refractivity contribution is 9.10. The average molecular weight is 188 g/mol. The van der Waals surface area contributed by atoms with Gasteiger partial charge in [-0.3, -0.25) is 0 Å². The second-order valence-electron chi connectivity index (χ2n) is 2.06. The van der Waals surface area contributed by atoms with E-state index in [9.17, 15) is 0 Å². The van der Waals surface area contributed by atoms with Gasteiger partial charge in [0.1, 0.15) is 5.75 Å². The third-order valence-electron chi connectivity index (χ3n) is 1.44. The van der Waals surface area contributed by atoms with Gasteiger partial charge in [-0.25, -0.2) is 0 Å². The summed E-state index contributed by atoms with van der Waals surface area (Å²) in [4.78, 5) is 3.15. The Balaban J connectivity index is 2.51. The Morgan fingerprint density at radius 3 is 3.33 bits per heavy atom. The first-order valence-electron chi connectivity index (χ1n) is 2.86. The zero-order valence-corrected chi connectivity index (χ0v) is 6.36. The maximum absolute atomic E-state index is 5.26. The van der Waals surface area contributed by atoms with E-state index < -0.39 is 0 Å². The molecule has 0 amide bonds. The number of aromatic amines is 1. The third-order valence-corrected chi connectivity index (χ3v) is 1.86. The fourth-order valence-electron chi connectivity index (χ4n) is 1.02. The van der Waals surface area contributed by atoms with Crippen LogP contribution in [0.2, 0.25) is 0 Å². The van der Waals surface area contributed by atoms with E-state index in [1.807, 2.05) is 6.07 Å². The van der Waals surface area contributed by atoms with Crippen LogP contribution < -0.4 is 4.74 Å². The van der Waals surface area contributed by atoms with Crippen LogP contribution in [0.15, 0.2) is 10.7 Å². The fraction of sp³-hybridized carbons (Fsp3) is 0.333. The van der Waals surface area contributed by atoms with Crippen molar-refractivity contribution in [3.05, 3.63) is 16.4 Å². The van der Waals surface area contributed by atoms with Crippen molar-refractivity contribution in [3.63, 3.8) is 0 Å². The van der Waals surface area contributed by atoms with Gasteiger partial charge in [-0.05, 0) is 15.9 Å². The summed E-state index contributed by atoms with van der Waals surface area (Å²) in [6.45, 7) is 0.828. The van der Waals surface area contributed by atoms with Crippen LogP contribution in [0.1, 0.15) is 5.69 Å². The Hall–Kier alpha value is -0.440. The van der Waals surface area contributed by atoms with Crippen molar-refractivity contribution in [2.75, 3.05) is 6.61 Å². The molecule has 1 aromatic rings. The molecule has 0 fully saturated rings. The van der Waals surface area contributed by atoms with Crippen LogP contribution in [0, 0.1) is 0 Å². The molecule has 2 rings (SSSR count). The molecule has 2 nitrogen and oxygen atoms in total. The number of halogens is 1. The minimum Gasteiger partial charge on any atom is -0.491 e. The van der Waals surface area contributed by atoms with Gasteiger partial charge in [-0.2, -0.15) is 0 Å². The van der Waals surface area contributed by atoms with E-state index >= 15 is 0 Å². The molecule has 0 aliphatic carbocycles. The van der Waals surface area contributed by atoms with Gasteiger partial charge in [0, 0.05) is 12.5 Å². The molecular weight excluding hydrogens is 182 g/mol. The Labute approximate surface area is 61.3 Å². The summed E-state index contributed by atoms with van der Waals surface area (Å²) in [5.74, 6) is 1.00. The molecule has 0 radical (unpaired) electrons. The monoisotopic (exact) mass is 187 g/mol. The first-order valence-corrected chi connectivity index (χ1v) is 3.66. The van der Waals surface area contributed by atoms with E-state index in [1.165, 1.54) is 5.69 Å². The zero-order chi connectivity index (χ0) is 6.27. The molecule has 0 saturated heterocycles. The number of nitrogens with one attached hydrogen (secondary N) is 1. The van der Waals surface area contributed by atoms with Crippen LogP contribution in [0.5, 0.6) is 5.75 Å². The van der Waals surface area contributed by atoms with E-state index in [-0.39, 0.29) is 0 Å². The summed E-state index contributed by atoms with van der Waals surface area (Å²) >= 11 is 3.32. The van der Waals surface area contributed by atoms with Gasteiger partial charge in [0.25, 0.3) is 0 Å². The summed E-state index contributed by atoms with van der Waals surface area (Å²) in [6, 6.07) is 1.96. The Morgan fingerprint density at radius 1 is 1.67 bits per heavy atom. The molecule has 0 unspecified atom stereocenters. The molecule has 0 aromatic carbocycles. The number of hydrogen-bond acceptors (Lipinski definition) is 1. The predicted molar refractivity (Wildman–Crippen MR) is 37.7 cm³/mol. The van der Waals surface area contributed by atoms with Crippen molar-refractivity contribution in [2.45, 2.75) is 6.42 Å². The van der Waals surface area contributed by atoms with E-state index in [0.717, 1.165) is 23.4 Å². The first kappa shape index (κ1) is 5.35. The second-order valence-corrected chi connectivity index (χ2v) is 2.91. The number of aromatic nitrogens is 1. The van der Waals surface area contributed by atoms with Gasteiger partial charge in [0.15, 0.2) is 0 Å². The standard InChI is InChI=1S/C6H6BrNO/c7-6-3-5-4(8-6)1-2-9-5/h3,8H,1-2H2. The van der Waals surface area contributed by atoms with Crippen molar-refractivity contribution in [1.29, 1.82) is 0 Å². The largest absolute Gasteiger partial charge is 0.491 e. The van der Waals surface area contributed by atoms with E-state index in [2.05, 4.69) is 20.9 Å². The normalized spacial score (nSPS) is 15.2. The van der Waals surface area contributed by atoms with Crippen LogP contribution in [0.4, 0.5) is 0 Å². The highest BCUT2D eigenvalue weighted by Gasteiger charge is 2.13. The van der Waals surface area contributed by atoms with E-state index in [1.54, 1.807) is 0 Å². The molecule has 1 aromatic heterocycles. The van der Waals surface area contributed by atoms with Crippen LogP contribution in [0.3, 0.4) is 0 Å². The van der Waals surface area contributed by atoms with Gasteiger partial charge >= 0.3 is 0 Å². The van der Waals surface area contributed by atoms with Gasteiger partial charge in [0.2, 0.25) is 0 Å². The van der Waals surface area contributed by atoms with Gasteiger partial charge in [0.05, 0.1) is 16.9 Å². The topological polar surface area (TPSA) is 25.0 Å².